The van der Waals surface area contributed by atoms with Crippen LogP contribution in [0.4, 0.5) is 0 Å². The van der Waals surface area contributed by atoms with Crippen LogP contribution in [0.1, 0.15) is 0 Å². The SMILES string of the molecule is BC(O)(Br)C(O)(O)NP(=O)(Cl)NC(O)(O)C(O)(O)Br. The molecule has 0 aromatic heterocycles. The molecule has 0 aromatic rings. The van der Waals surface area contributed by atoms with E-state index in [2.05, 4.69) is 15.9 Å². The summed E-state index contributed by atoms with van der Waals surface area (Å²) in [4.78, 5) is 0. The molecule has 0 radical (unpaired) electrons. The van der Waals surface area contributed by atoms with Crippen LogP contribution in [-0.4, -0.2) is 64.5 Å². The Kier molecular flexibility index (Phi) is 6.12. The first-order valence-corrected chi connectivity index (χ1v) is 8.44. The number of rotatable bonds is 6. The van der Waals surface area contributed by atoms with Crippen molar-refractivity contribution in [3.05, 3.63) is 0 Å². The van der Waals surface area contributed by atoms with Crippen LogP contribution < -0.4 is 10.2 Å². The van der Waals surface area contributed by atoms with E-state index in [0.717, 1.165) is 7.85 Å². The summed E-state index contributed by atoms with van der Waals surface area (Å²) in [6.07, 6.45) is 0. The van der Waals surface area contributed by atoms with Crippen molar-refractivity contribution in [1.82, 2.24) is 10.2 Å². The molecule has 0 heterocycles. The quantitative estimate of drug-likeness (QED) is 0.0849. The van der Waals surface area contributed by atoms with Gasteiger partial charge in [0.25, 0.3) is 16.5 Å². The summed E-state index contributed by atoms with van der Waals surface area (Å²) in [5.74, 6) is -6.90. The van der Waals surface area contributed by atoms with Crippen LogP contribution in [0.3, 0.4) is 0 Å². The van der Waals surface area contributed by atoms with Crippen molar-refractivity contribution in [3.63, 3.8) is 0 Å². The van der Waals surface area contributed by atoms with Crippen LogP contribution >= 0.6 is 49.9 Å². The smallest absolute Gasteiger partial charge is 0.308 e. The predicted octanol–water partition coefficient (Wildman–Crippen LogP) is -3.50. The molecule has 0 aliphatic rings. The van der Waals surface area contributed by atoms with Gasteiger partial charge < -0.3 is 35.7 Å². The number of alkyl halides is 2. The van der Waals surface area contributed by atoms with Crippen LogP contribution in [0, 0.1) is 0 Å². The summed E-state index contributed by atoms with van der Waals surface area (Å²) in [6.45, 7) is -4.70. The molecule has 0 aromatic carbocycles. The zero-order chi connectivity index (χ0) is 15.9. The summed E-state index contributed by atoms with van der Waals surface area (Å²) in [5.41, 5.74) is 0. The molecule has 0 rings (SSSR count). The summed E-state index contributed by atoms with van der Waals surface area (Å²) < 4.78 is 5.88. The van der Waals surface area contributed by atoms with E-state index in [1.54, 1.807) is 0 Å². The lowest BCUT2D eigenvalue weighted by Gasteiger charge is -2.37. The van der Waals surface area contributed by atoms with Gasteiger partial charge in [-0.3, -0.25) is 4.57 Å². The molecular weight excluding hydrogens is 441 g/mol. The van der Waals surface area contributed by atoms with Gasteiger partial charge >= 0.3 is 6.80 Å². The lowest BCUT2D eigenvalue weighted by Crippen LogP contribution is -2.63. The fraction of sp³-hybridized carbons (Fsp3) is 1.00. The average Bonchev–Trinajstić information content (AvgIpc) is 1.93. The van der Waals surface area contributed by atoms with Gasteiger partial charge in [0.1, 0.15) is 4.41 Å². The molecule has 19 heavy (non-hydrogen) atoms. The second-order valence-electron chi connectivity index (χ2n) is 3.64. The highest BCUT2D eigenvalue weighted by Gasteiger charge is 2.53. The third-order valence-corrected chi connectivity index (χ3v) is 4.49. The highest BCUT2D eigenvalue weighted by atomic mass is 79.9. The summed E-state index contributed by atoms with van der Waals surface area (Å²) in [5, 5.41) is 66.6. The van der Waals surface area contributed by atoms with E-state index in [0.29, 0.717) is 0 Å². The van der Waals surface area contributed by atoms with E-state index in [1.165, 1.54) is 10.2 Å². The van der Waals surface area contributed by atoms with Crippen LogP contribution in [0.2, 0.25) is 0 Å². The minimum absolute atomic E-state index is 0.842. The number of aliphatic hydroxyl groups is 7. The van der Waals surface area contributed by atoms with E-state index < -0.39 is 27.7 Å². The van der Waals surface area contributed by atoms with Gasteiger partial charge in [0.05, 0.1) is 0 Å². The van der Waals surface area contributed by atoms with Gasteiger partial charge in [-0.15, -0.1) is 0 Å². The van der Waals surface area contributed by atoms with Crippen molar-refractivity contribution in [3.8, 4) is 0 Å². The molecule has 0 aliphatic heterocycles. The standard InChI is InChI=1S/C4H11BBr2ClN2O8P/c5-1(6,11)3(14,15)9-19(8,18)10-4(16,17)2(7,12)13/h11-17H,5H2,(H2,9,10,18). The Balaban J connectivity index is 5.10. The number of halogens is 3. The minimum atomic E-state index is -4.70. The lowest BCUT2D eigenvalue weighted by atomic mass is 9.97. The highest BCUT2D eigenvalue weighted by Crippen LogP contribution is 2.48. The Bertz CT molecular complexity index is 352. The molecule has 0 saturated heterocycles. The van der Waals surface area contributed by atoms with E-state index >= 15 is 0 Å². The third-order valence-electron chi connectivity index (χ3n) is 1.68. The van der Waals surface area contributed by atoms with Gasteiger partial charge in [-0.25, -0.2) is 0 Å². The first kappa shape index (κ1) is 20.2. The van der Waals surface area contributed by atoms with Gasteiger partial charge in [-0.05, 0) is 27.2 Å². The molecule has 0 aliphatic carbocycles. The maximum atomic E-state index is 11.7. The molecule has 10 nitrogen and oxygen atoms in total. The fourth-order valence-electron chi connectivity index (χ4n) is 0.602. The van der Waals surface area contributed by atoms with Gasteiger partial charge in [-0.2, -0.15) is 10.2 Å². The molecule has 0 fully saturated rings. The summed E-state index contributed by atoms with van der Waals surface area (Å²) >= 11 is 9.69. The number of hydrogen-bond acceptors (Lipinski definition) is 8. The van der Waals surface area contributed by atoms with Gasteiger partial charge in [0.2, 0.25) is 0 Å². The molecule has 2 atom stereocenters. The highest BCUT2D eigenvalue weighted by molar-refractivity contribution is 9.10. The van der Waals surface area contributed by atoms with Crippen molar-refractivity contribution >= 4 is 57.7 Å². The Morgan fingerprint density at radius 2 is 1.26 bits per heavy atom. The van der Waals surface area contributed by atoms with Crippen molar-refractivity contribution in [2.45, 2.75) is 20.9 Å². The zero-order valence-corrected chi connectivity index (χ0v) is 13.9. The molecule has 9 N–H and O–H groups in total. The van der Waals surface area contributed by atoms with E-state index in [1.807, 2.05) is 15.9 Å². The van der Waals surface area contributed by atoms with Gasteiger partial charge in [0, 0.05) is 0 Å². The second kappa shape index (κ2) is 5.76. The van der Waals surface area contributed by atoms with Crippen LogP contribution in [-0.2, 0) is 4.57 Å². The fourth-order valence-corrected chi connectivity index (χ4v) is 3.05. The molecule has 114 valence electrons. The Labute approximate surface area is 129 Å². The Morgan fingerprint density at radius 1 is 0.947 bits per heavy atom. The number of hydrogen-bond donors (Lipinski definition) is 9. The van der Waals surface area contributed by atoms with Gasteiger partial charge in [-0.1, -0.05) is 15.9 Å². The largest absolute Gasteiger partial charge is 0.381 e. The molecule has 15 heteroatoms. The average molecular weight is 452 g/mol. The monoisotopic (exact) mass is 450 g/mol. The van der Waals surface area contributed by atoms with E-state index in [4.69, 9.17) is 31.7 Å². The van der Waals surface area contributed by atoms with Crippen molar-refractivity contribution in [1.29, 1.82) is 0 Å². The maximum Gasteiger partial charge on any atom is 0.308 e. The molecule has 0 bridgehead atoms. The van der Waals surface area contributed by atoms with E-state index in [9.17, 15) is 19.9 Å². The van der Waals surface area contributed by atoms with Crippen LogP contribution in [0.15, 0.2) is 0 Å². The molecule has 0 saturated carbocycles. The number of nitrogens with one attached hydrogen (secondary N) is 2. The third kappa shape index (κ3) is 5.83. The summed E-state index contributed by atoms with van der Waals surface area (Å²) in [6, 6.07) is 0. The predicted molar refractivity (Wildman–Crippen MR) is 72.6 cm³/mol. The van der Waals surface area contributed by atoms with Crippen molar-refractivity contribution in [2.75, 3.05) is 0 Å². The molecule has 0 spiro atoms. The lowest BCUT2D eigenvalue weighted by molar-refractivity contribution is -0.312. The first-order chi connectivity index (χ1) is 7.91. The molecule has 0 amide bonds. The first-order valence-electron chi connectivity index (χ1n) is 4.24. The van der Waals surface area contributed by atoms with Crippen LogP contribution in [0.25, 0.3) is 0 Å². The Hall–Kier alpha value is 1.18. The van der Waals surface area contributed by atoms with Gasteiger partial charge in [0.15, 0.2) is 7.85 Å². The van der Waals surface area contributed by atoms with E-state index in [-0.39, 0.29) is 0 Å². The molecule has 2 unspecified atom stereocenters. The zero-order valence-electron chi connectivity index (χ0n) is 9.12. The van der Waals surface area contributed by atoms with Crippen LogP contribution in [0.5, 0.6) is 0 Å². The normalized spacial score (nSPS) is 20.7. The summed E-state index contributed by atoms with van der Waals surface area (Å²) in [7, 11) is 0.842. The topological polar surface area (TPSA) is 183 Å². The van der Waals surface area contributed by atoms with Crippen molar-refractivity contribution in [2.24, 2.45) is 0 Å². The van der Waals surface area contributed by atoms with Crippen molar-refractivity contribution < 1.29 is 40.3 Å². The second-order valence-corrected chi connectivity index (χ2v) is 9.23. The minimum Gasteiger partial charge on any atom is -0.381 e. The molecular formula is C4H11BBr2ClN2O8P. The maximum absolute atomic E-state index is 11.7. The Morgan fingerprint density at radius 3 is 1.53 bits per heavy atom.